The maximum absolute atomic E-state index is 11.3. The van der Waals surface area contributed by atoms with Gasteiger partial charge in [0.25, 0.3) is 6.01 Å². The molecule has 1 N–H and O–H groups in total. The van der Waals surface area contributed by atoms with Crippen LogP contribution in [0.4, 0.5) is 6.01 Å². The lowest BCUT2D eigenvalue weighted by molar-refractivity contribution is 0.0519. The fourth-order valence-corrected chi connectivity index (χ4v) is 1.89. The lowest BCUT2D eigenvalue weighted by Crippen LogP contribution is -2.05. The number of hydrogen-bond donors (Lipinski definition) is 1. The van der Waals surface area contributed by atoms with Gasteiger partial charge in [-0.05, 0) is 29.3 Å². The molecule has 0 unspecified atom stereocenters. The summed E-state index contributed by atoms with van der Waals surface area (Å²) in [6, 6.07) is 2.33. The SMILES string of the molecule is CCOC(=O)c1coc(NCc2ccsc2)n1. The van der Waals surface area contributed by atoms with E-state index < -0.39 is 5.97 Å². The zero-order chi connectivity index (χ0) is 12.1. The van der Waals surface area contributed by atoms with Gasteiger partial charge in [0, 0.05) is 6.54 Å². The number of esters is 1. The van der Waals surface area contributed by atoms with Crippen molar-refractivity contribution in [2.45, 2.75) is 13.5 Å². The molecule has 0 aliphatic carbocycles. The summed E-state index contributed by atoms with van der Waals surface area (Å²) in [5.41, 5.74) is 1.32. The largest absolute Gasteiger partial charge is 0.461 e. The van der Waals surface area contributed by atoms with Crippen molar-refractivity contribution in [2.75, 3.05) is 11.9 Å². The number of rotatable bonds is 5. The Balaban J connectivity index is 1.92. The molecule has 0 aliphatic rings. The van der Waals surface area contributed by atoms with Gasteiger partial charge >= 0.3 is 5.97 Å². The van der Waals surface area contributed by atoms with Crippen molar-refractivity contribution in [2.24, 2.45) is 0 Å². The van der Waals surface area contributed by atoms with Crippen molar-refractivity contribution >= 4 is 23.3 Å². The molecule has 2 aromatic heterocycles. The first-order valence-electron chi connectivity index (χ1n) is 5.17. The van der Waals surface area contributed by atoms with Crippen LogP contribution >= 0.6 is 11.3 Å². The quantitative estimate of drug-likeness (QED) is 0.828. The second-order valence-corrected chi connectivity index (χ2v) is 4.02. The molecule has 0 bridgehead atoms. The number of nitrogens with zero attached hydrogens (tertiary/aromatic N) is 1. The van der Waals surface area contributed by atoms with Crippen LogP contribution in [-0.2, 0) is 11.3 Å². The molecule has 5 nitrogen and oxygen atoms in total. The van der Waals surface area contributed by atoms with Crippen LogP contribution in [0, 0.1) is 0 Å². The zero-order valence-electron chi connectivity index (χ0n) is 9.30. The lowest BCUT2D eigenvalue weighted by Gasteiger charge is -1.98. The van der Waals surface area contributed by atoms with Crippen molar-refractivity contribution in [3.05, 3.63) is 34.3 Å². The number of carbonyl (C=O) groups excluding carboxylic acids is 1. The minimum atomic E-state index is -0.472. The molecular formula is C11H12N2O3S. The van der Waals surface area contributed by atoms with E-state index in [-0.39, 0.29) is 5.69 Å². The van der Waals surface area contributed by atoms with Gasteiger partial charge in [0.05, 0.1) is 6.61 Å². The molecule has 0 saturated heterocycles. The average molecular weight is 252 g/mol. The van der Waals surface area contributed by atoms with E-state index >= 15 is 0 Å². The Hall–Kier alpha value is -1.82. The van der Waals surface area contributed by atoms with Gasteiger partial charge in [0.2, 0.25) is 0 Å². The van der Waals surface area contributed by atoms with Gasteiger partial charge in [-0.1, -0.05) is 0 Å². The van der Waals surface area contributed by atoms with Crippen LogP contribution in [0.5, 0.6) is 0 Å². The molecule has 0 amide bonds. The van der Waals surface area contributed by atoms with Crippen LogP contribution < -0.4 is 5.32 Å². The molecule has 0 spiro atoms. The van der Waals surface area contributed by atoms with Gasteiger partial charge in [-0.25, -0.2) is 4.79 Å². The Morgan fingerprint density at radius 1 is 1.65 bits per heavy atom. The summed E-state index contributed by atoms with van der Waals surface area (Å²) in [7, 11) is 0. The first-order valence-corrected chi connectivity index (χ1v) is 6.11. The molecule has 0 radical (unpaired) electrons. The maximum Gasteiger partial charge on any atom is 0.360 e. The first-order chi connectivity index (χ1) is 8.29. The third-order valence-electron chi connectivity index (χ3n) is 2.01. The van der Waals surface area contributed by atoms with E-state index in [4.69, 9.17) is 9.15 Å². The molecule has 6 heteroatoms. The van der Waals surface area contributed by atoms with Crippen LogP contribution in [0.1, 0.15) is 23.0 Å². The fraction of sp³-hybridized carbons (Fsp3) is 0.273. The Morgan fingerprint density at radius 2 is 2.53 bits per heavy atom. The Morgan fingerprint density at radius 3 is 3.24 bits per heavy atom. The number of carbonyl (C=O) groups is 1. The molecule has 0 fully saturated rings. The van der Waals surface area contributed by atoms with E-state index in [9.17, 15) is 4.79 Å². The van der Waals surface area contributed by atoms with Crippen molar-refractivity contribution < 1.29 is 13.9 Å². The number of aromatic nitrogens is 1. The van der Waals surface area contributed by atoms with Crippen LogP contribution in [-0.4, -0.2) is 17.6 Å². The van der Waals surface area contributed by atoms with Crippen molar-refractivity contribution in [1.29, 1.82) is 0 Å². The van der Waals surface area contributed by atoms with E-state index in [1.165, 1.54) is 6.26 Å². The minimum absolute atomic E-state index is 0.180. The maximum atomic E-state index is 11.3. The molecular weight excluding hydrogens is 240 g/mol. The fourth-order valence-electron chi connectivity index (χ4n) is 1.22. The van der Waals surface area contributed by atoms with E-state index in [1.54, 1.807) is 18.3 Å². The Labute approximate surface area is 102 Å². The molecule has 0 saturated carbocycles. The molecule has 17 heavy (non-hydrogen) atoms. The highest BCUT2D eigenvalue weighted by Gasteiger charge is 2.12. The number of nitrogens with one attached hydrogen (secondary N) is 1. The summed E-state index contributed by atoms with van der Waals surface area (Å²) in [6.45, 7) is 2.68. The van der Waals surface area contributed by atoms with Crippen molar-refractivity contribution in [1.82, 2.24) is 4.98 Å². The second kappa shape index (κ2) is 5.49. The van der Waals surface area contributed by atoms with Crippen molar-refractivity contribution in [3.63, 3.8) is 0 Å². The van der Waals surface area contributed by atoms with Crippen molar-refractivity contribution in [3.8, 4) is 0 Å². The summed E-state index contributed by atoms with van der Waals surface area (Å²) in [5, 5.41) is 7.01. The Bertz CT molecular complexity index is 479. The number of hydrogen-bond acceptors (Lipinski definition) is 6. The monoisotopic (exact) mass is 252 g/mol. The summed E-state index contributed by atoms with van der Waals surface area (Å²) in [4.78, 5) is 15.3. The van der Waals surface area contributed by atoms with Gasteiger partial charge in [-0.3, -0.25) is 0 Å². The molecule has 2 heterocycles. The van der Waals surface area contributed by atoms with E-state index in [2.05, 4.69) is 10.3 Å². The molecule has 90 valence electrons. The van der Waals surface area contributed by atoms with Gasteiger partial charge in [-0.2, -0.15) is 16.3 Å². The zero-order valence-corrected chi connectivity index (χ0v) is 10.1. The minimum Gasteiger partial charge on any atom is -0.461 e. The number of oxazole rings is 1. The first kappa shape index (κ1) is 11.7. The van der Waals surface area contributed by atoms with Gasteiger partial charge < -0.3 is 14.5 Å². The highest BCUT2D eigenvalue weighted by atomic mass is 32.1. The van der Waals surface area contributed by atoms with E-state index in [0.29, 0.717) is 19.2 Å². The van der Waals surface area contributed by atoms with Crippen LogP contribution in [0.2, 0.25) is 0 Å². The van der Waals surface area contributed by atoms with Gasteiger partial charge in [-0.15, -0.1) is 0 Å². The van der Waals surface area contributed by atoms with Crippen LogP contribution in [0.3, 0.4) is 0 Å². The topological polar surface area (TPSA) is 64.4 Å². The predicted octanol–water partition coefficient (Wildman–Crippen LogP) is 2.52. The lowest BCUT2D eigenvalue weighted by atomic mass is 10.3. The van der Waals surface area contributed by atoms with Gasteiger partial charge in [0.15, 0.2) is 5.69 Å². The smallest absolute Gasteiger partial charge is 0.360 e. The normalized spacial score (nSPS) is 10.2. The highest BCUT2D eigenvalue weighted by molar-refractivity contribution is 7.07. The molecule has 0 aromatic carbocycles. The summed E-state index contributed by atoms with van der Waals surface area (Å²) < 4.78 is 9.91. The third kappa shape index (κ3) is 3.07. The van der Waals surface area contributed by atoms with Gasteiger partial charge in [0.1, 0.15) is 6.26 Å². The molecule has 0 aliphatic heterocycles. The molecule has 2 aromatic rings. The second-order valence-electron chi connectivity index (χ2n) is 3.24. The summed E-state index contributed by atoms with van der Waals surface area (Å²) in [6.07, 6.45) is 1.29. The third-order valence-corrected chi connectivity index (χ3v) is 2.74. The van der Waals surface area contributed by atoms with E-state index in [1.807, 2.05) is 16.8 Å². The van der Waals surface area contributed by atoms with Crippen LogP contribution in [0.15, 0.2) is 27.5 Å². The van der Waals surface area contributed by atoms with E-state index in [0.717, 1.165) is 5.56 Å². The summed E-state index contributed by atoms with van der Waals surface area (Å²) >= 11 is 1.63. The predicted molar refractivity (Wildman–Crippen MR) is 64.1 cm³/mol. The molecule has 2 rings (SSSR count). The summed E-state index contributed by atoms with van der Waals surface area (Å²) in [5.74, 6) is -0.472. The number of ether oxygens (including phenoxy) is 1. The average Bonchev–Trinajstić information content (AvgIpc) is 2.98. The standard InChI is InChI=1S/C11H12N2O3S/c1-2-15-10(14)9-6-16-11(13-9)12-5-8-3-4-17-7-8/h3-4,6-7H,2,5H2,1H3,(H,12,13). The number of thiophene rings is 1. The molecule has 0 atom stereocenters. The highest BCUT2D eigenvalue weighted by Crippen LogP contribution is 2.12. The Kier molecular flexibility index (Phi) is 3.77. The number of anilines is 1. The van der Waals surface area contributed by atoms with Crippen LogP contribution in [0.25, 0.3) is 0 Å².